The van der Waals surface area contributed by atoms with Gasteiger partial charge in [-0.1, -0.05) is 0 Å². The fourth-order valence-corrected chi connectivity index (χ4v) is 3.64. The Bertz CT molecular complexity index is 568. The molecule has 0 aliphatic carbocycles. The second-order valence-corrected chi connectivity index (χ2v) is 6.54. The zero-order valence-electron chi connectivity index (χ0n) is 12.4. The molecule has 1 amide bonds. The third kappa shape index (κ3) is 3.04. The molecular weight excluding hydrogens is 304 g/mol. The predicted molar refractivity (Wildman–Crippen MR) is 82.0 cm³/mol. The molecule has 3 rings (SSSR count). The first kappa shape index (κ1) is 15.1. The molecule has 7 heteroatoms. The summed E-state index contributed by atoms with van der Waals surface area (Å²) < 4.78 is 10.6. The van der Waals surface area contributed by atoms with Crippen molar-refractivity contribution < 1.29 is 19.1 Å². The van der Waals surface area contributed by atoms with Crippen LogP contribution in [-0.4, -0.2) is 59.6 Å². The summed E-state index contributed by atoms with van der Waals surface area (Å²) in [5.74, 6) is 1.76. The van der Waals surface area contributed by atoms with Crippen LogP contribution in [0.25, 0.3) is 0 Å². The van der Waals surface area contributed by atoms with Gasteiger partial charge in [0.05, 0.1) is 13.0 Å². The molecule has 0 spiro atoms. The number of likely N-dealkylation sites (tertiary alicyclic amines) is 1. The molecule has 6 nitrogen and oxygen atoms in total. The number of hydrogen-bond acceptors (Lipinski definition) is 6. The summed E-state index contributed by atoms with van der Waals surface area (Å²) in [5.41, 5.74) is 0.461. The van der Waals surface area contributed by atoms with Gasteiger partial charge in [-0.15, -0.1) is 0 Å². The van der Waals surface area contributed by atoms with Gasteiger partial charge in [0.15, 0.2) is 0 Å². The highest BCUT2D eigenvalue weighted by atomic mass is 32.2. The molecule has 0 N–H and O–H groups in total. The van der Waals surface area contributed by atoms with E-state index in [1.165, 1.54) is 7.11 Å². The number of thioether (sulfide) groups is 1. The summed E-state index contributed by atoms with van der Waals surface area (Å²) in [6.07, 6.45) is 2.72. The van der Waals surface area contributed by atoms with Crippen LogP contribution in [0.4, 0.5) is 0 Å². The number of esters is 1. The Morgan fingerprint density at radius 1 is 1.41 bits per heavy atom. The van der Waals surface area contributed by atoms with E-state index in [-0.39, 0.29) is 23.9 Å². The molecule has 0 radical (unpaired) electrons. The average Bonchev–Trinajstić information content (AvgIpc) is 2.99. The second-order valence-electron chi connectivity index (χ2n) is 5.39. The van der Waals surface area contributed by atoms with Gasteiger partial charge >= 0.3 is 5.97 Å². The van der Waals surface area contributed by atoms with Gasteiger partial charge in [0.2, 0.25) is 5.88 Å². The van der Waals surface area contributed by atoms with Gasteiger partial charge in [-0.25, -0.2) is 4.98 Å². The van der Waals surface area contributed by atoms with E-state index in [0.717, 1.165) is 17.9 Å². The molecule has 0 unspecified atom stereocenters. The highest BCUT2D eigenvalue weighted by Crippen LogP contribution is 2.27. The molecule has 0 saturated carbocycles. The van der Waals surface area contributed by atoms with Crippen LogP contribution < -0.4 is 4.74 Å². The summed E-state index contributed by atoms with van der Waals surface area (Å²) in [6, 6.07) is 3.44. The minimum atomic E-state index is -0.269. The highest BCUT2D eigenvalue weighted by molar-refractivity contribution is 7.99. The number of carbonyl (C=O) groups is 2. The molecule has 0 aromatic carbocycles. The van der Waals surface area contributed by atoms with Crippen molar-refractivity contribution in [2.45, 2.75) is 12.5 Å². The first-order chi connectivity index (χ1) is 10.7. The van der Waals surface area contributed by atoms with Gasteiger partial charge in [0.25, 0.3) is 5.91 Å². The Balaban J connectivity index is 1.66. The van der Waals surface area contributed by atoms with Crippen molar-refractivity contribution in [2.24, 2.45) is 5.92 Å². The van der Waals surface area contributed by atoms with E-state index >= 15 is 0 Å². The Morgan fingerprint density at radius 2 is 2.23 bits per heavy atom. The number of ether oxygens (including phenoxy) is 2. The van der Waals surface area contributed by atoms with Gasteiger partial charge < -0.3 is 14.4 Å². The summed E-state index contributed by atoms with van der Waals surface area (Å²) in [7, 11) is 1.36. The minimum absolute atomic E-state index is 0.116. The lowest BCUT2D eigenvalue weighted by Gasteiger charge is -2.37. The monoisotopic (exact) mass is 322 g/mol. The lowest BCUT2D eigenvalue weighted by molar-refractivity contribution is -0.149. The van der Waals surface area contributed by atoms with Crippen molar-refractivity contribution >= 4 is 23.6 Å². The van der Waals surface area contributed by atoms with Crippen LogP contribution in [0, 0.1) is 5.92 Å². The average molecular weight is 322 g/mol. The van der Waals surface area contributed by atoms with E-state index in [1.807, 2.05) is 11.8 Å². The number of hydrogen-bond donors (Lipinski definition) is 0. The van der Waals surface area contributed by atoms with Gasteiger partial charge in [-0.05, 0) is 24.3 Å². The van der Waals surface area contributed by atoms with Crippen molar-refractivity contribution in [3.05, 3.63) is 23.9 Å². The lowest BCUT2D eigenvalue weighted by atomic mass is 9.99. The van der Waals surface area contributed by atoms with E-state index in [4.69, 9.17) is 4.74 Å². The van der Waals surface area contributed by atoms with Crippen molar-refractivity contribution in [1.29, 1.82) is 0 Å². The van der Waals surface area contributed by atoms with Crippen molar-refractivity contribution in [1.82, 2.24) is 9.88 Å². The number of pyridine rings is 1. The fourth-order valence-electron chi connectivity index (χ4n) is 2.54. The Kier molecular flexibility index (Phi) is 4.52. The first-order valence-corrected chi connectivity index (χ1v) is 8.41. The normalized spacial score (nSPS) is 21.3. The predicted octanol–water partition coefficient (Wildman–Crippen LogP) is 1.21. The molecular formula is C15H18N2O4S. The Morgan fingerprint density at radius 3 is 2.91 bits per heavy atom. The van der Waals surface area contributed by atoms with Gasteiger partial charge in [0, 0.05) is 25.0 Å². The van der Waals surface area contributed by atoms with E-state index in [1.54, 1.807) is 23.2 Å². The number of methoxy groups -OCH3 is 1. The molecule has 2 aliphatic rings. The number of amides is 1. The maximum absolute atomic E-state index is 12.5. The van der Waals surface area contributed by atoms with E-state index < -0.39 is 0 Å². The van der Waals surface area contributed by atoms with Gasteiger partial charge in [0.1, 0.15) is 11.7 Å². The summed E-state index contributed by atoms with van der Waals surface area (Å²) in [6.45, 7) is 0.776. The van der Waals surface area contributed by atoms with Gasteiger partial charge in [-0.2, -0.15) is 11.8 Å². The van der Waals surface area contributed by atoms with Gasteiger partial charge in [-0.3, -0.25) is 9.59 Å². The zero-order chi connectivity index (χ0) is 15.5. The lowest BCUT2D eigenvalue weighted by Crippen LogP contribution is -2.53. The highest BCUT2D eigenvalue weighted by Gasteiger charge is 2.38. The quantitative estimate of drug-likeness (QED) is 0.776. The molecule has 22 heavy (non-hydrogen) atoms. The van der Waals surface area contributed by atoms with E-state index in [9.17, 15) is 9.59 Å². The molecule has 1 aromatic rings. The van der Waals surface area contributed by atoms with Crippen molar-refractivity contribution in [2.75, 3.05) is 31.7 Å². The van der Waals surface area contributed by atoms with Crippen LogP contribution in [0.15, 0.2) is 18.3 Å². The number of aromatic nitrogens is 1. The number of nitrogens with zero attached hydrogens (tertiary/aromatic N) is 2. The van der Waals surface area contributed by atoms with E-state index in [0.29, 0.717) is 24.5 Å². The second kappa shape index (κ2) is 6.56. The smallest absolute Gasteiger partial charge is 0.312 e. The fraction of sp³-hybridized carbons (Fsp3) is 0.533. The Hall–Kier alpha value is -1.76. The van der Waals surface area contributed by atoms with Crippen LogP contribution >= 0.6 is 11.8 Å². The standard InChI is InChI=1S/C15H18N2O4S/c1-20-15(19)10-7-17(8-10)14(18)12-3-2-5-16-13(12)21-11-4-6-22-9-11/h2-3,5,10-11H,4,6-9H2,1H3/t11-/m1/s1. The van der Waals surface area contributed by atoms with Crippen LogP contribution in [0.2, 0.25) is 0 Å². The maximum Gasteiger partial charge on any atom is 0.312 e. The molecule has 0 bridgehead atoms. The summed E-state index contributed by atoms with van der Waals surface area (Å²) in [5, 5.41) is 0. The third-order valence-corrected chi connectivity index (χ3v) is 5.00. The van der Waals surface area contributed by atoms with Crippen molar-refractivity contribution in [3.8, 4) is 5.88 Å². The Labute approximate surface area is 133 Å². The van der Waals surface area contributed by atoms with Crippen LogP contribution in [0.1, 0.15) is 16.8 Å². The largest absolute Gasteiger partial charge is 0.473 e. The van der Waals surface area contributed by atoms with Crippen molar-refractivity contribution in [3.63, 3.8) is 0 Å². The maximum atomic E-state index is 12.5. The van der Waals surface area contributed by atoms with Crippen LogP contribution in [0.5, 0.6) is 5.88 Å². The molecule has 1 aromatic heterocycles. The zero-order valence-corrected chi connectivity index (χ0v) is 13.2. The molecule has 118 valence electrons. The molecule has 2 saturated heterocycles. The number of carbonyl (C=O) groups excluding carboxylic acids is 2. The summed E-state index contributed by atoms with van der Waals surface area (Å²) >= 11 is 1.84. The molecule has 1 atom stereocenters. The molecule has 2 fully saturated rings. The SMILES string of the molecule is COC(=O)C1CN(C(=O)c2cccnc2O[C@@H]2CCSC2)C1. The minimum Gasteiger partial charge on any atom is -0.473 e. The van der Waals surface area contributed by atoms with E-state index in [2.05, 4.69) is 9.72 Å². The first-order valence-electron chi connectivity index (χ1n) is 7.25. The third-order valence-electron chi connectivity index (χ3n) is 3.87. The summed E-state index contributed by atoms with van der Waals surface area (Å²) in [4.78, 5) is 29.7. The van der Waals surface area contributed by atoms with Crippen LogP contribution in [0.3, 0.4) is 0 Å². The number of rotatable bonds is 4. The molecule has 3 heterocycles. The van der Waals surface area contributed by atoms with Crippen LogP contribution in [-0.2, 0) is 9.53 Å². The topological polar surface area (TPSA) is 68.7 Å². The molecule has 2 aliphatic heterocycles.